The Morgan fingerprint density at radius 3 is 2.60 bits per heavy atom. The van der Waals surface area contributed by atoms with Crippen molar-refractivity contribution in [2.45, 2.75) is 25.4 Å². The second-order valence-electron chi connectivity index (χ2n) is 3.83. The average Bonchev–Trinajstić information content (AvgIpc) is 2.87. The SMILES string of the molecule is Cc1ncc([C@H]2CC2C(F)(F)F)cc1Cl. The lowest BCUT2D eigenvalue weighted by Gasteiger charge is -2.06. The first-order valence-corrected chi connectivity index (χ1v) is 4.96. The zero-order valence-electron chi connectivity index (χ0n) is 7.98. The van der Waals surface area contributed by atoms with Crippen LogP contribution in [0, 0.1) is 12.8 Å². The van der Waals surface area contributed by atoms with Gasteiger partial charge in [0.2, 0.25) is 0 Å². The van der Waals surface area contributed by atoms with Crippen molar-refractivity contribution in [3.05, 3.63) is 28.5 Å². The van der Waals surface area contributed by atoms with E-state index in [-0.39, 0.29) is 6.42 Å². The number of rotatable bonds is 1. The molecule has 1 aromatic rings. The van der Waals surface area contributed by atoms with Gasteiger partial charge in [0.05, 0.1) is 16.6 Å². The van der Waals surface area contributed by atoms with E-state index in [4.69, 9.17) is 11.6 Å². The van der Waals surface area contributed by atoms with Gasteiger partial charge in [0, 0.05) is 6.20 Å². The van der Waals surface area contributed by atoms with E-state index >= 15 is 0 Å². The van der Waals surface area contributed by atoms with E-state index in [1.54, 1.807) is 13.0 Å². The van der Waals surface area contributed by atoms with Gasteiger partial charge in [0.25, 0.3) is 0 Å². The van der Waals surface area contributed by atoms with E-state index in [0.717, 1.165) is 0 Å². The van der Waals surface area contributed by atoms with Crippen molar-refractivity contribution in [2.24, 2.45) is 5.92 Å². The van der Waals surface area contributed by atoms with Crippen LogP contribution in [0.15, 0.2) is 12.3 Å². The molecule has 1 fully saturated rings. The van der Waals surface area contributed by atoms with Gasteiger partial charge in [0.1, 0.15) is 0 Å². The number of alkyl halides is 3. The number of aryl methyl sites for hydroxylation is 1. The van der Waals surface area contributed by atoms with Crippen LogP contribution >= 0.6 is 11.6 Å². The number of hydrogen-bond acceptors (Lipinski definition) is 1. The van der Waals surface area contributed by atoms with Crippen molar-refractivity contribution in [2.75, 3.05) is 0 Å². The topological polar surface area (TPSA) is 12.9 Å². The molecule has 15 heavy (non-hydrogen) atoms. The summed E-state index contributed by atoms with van der Waals surface area (Å²) in [6, 6.07) is 1.58. The van der Waals surface area contributed by atoms with Gasteiger partial charge in [0.15, 0.2) is 0 Å². The monoisotopic (exact) mass is 235 g/mol. The molecule has 2 rings (SSSR count). The number of aromatic nitrogens is 1. The second kappa shape index (κ2) is 3.37. The molecule has 82 valence electrons. The molecule has 1 unspecified atom stereocenters. The molecule has 0 aliphatic heterocycles. The van der Waals surface area contributed by atoms with Crippen molar-refractivity contribution in [3.63, 3.8) is 0 Å². The third-order valence-electron chi connectivity index (χ3n) is 2.69. The van der Waals surface area contributed by atoms with Gasteiger partial charge in [-0.1, -0.05) is 11.6 Å². The van der Waals surface area contributed by atoms with Crippen molar-refractivity contribution in [1.82, 2.24) is 4.98 Å². The van der Waals surface area contributed by atoms with Gasteiger partial charge in [-0.15, -0.1) is 0 Å². The number of hydrogen-bond donors (Lipinski definition) is 0. The Balaban J connectivity index is 2.17. The van der Waals surface area contributed by atoms with Gasteiger partial charge >= 0.3 is 6.18 Å². The predicted octanol–water partition coefficient (Wildman–Crippen LogP) is 3.71. The Labute approximate surface area is 90.3 Å². The summed E-state index contributed by atoms with van der Waals surface area (Å²) in [7, 11) is 0. The molecule has 1 aromatic heterocycles. The molecule has 5 heteroatoms. The Morgan fingerprint density at radius 2 is 2.13 bits per heavy atom. The summed E-state index contributed by atoms with van der Waals surface area (Å²) in [5.41, 5.74) is 1.23. The molecular formula is C10H9ClF3N. The number of halogens is 4. The summed E-state index contributed by atoms with van der Waals surface area (Å²) in [5.74, 6) is -1.66. The molecule has 0 bridgehead atoms. The molecule has 2 atom stereocenters. The minimum atomic E-state index is -4.10. The molecule has 0 saturated heterocycles. The minimum absolute atomic E-state index is 0.157. The maximum Gasteiger partial charge on any atom is 0.392 e. The van der Waals surface area contributed by atoms with Crippen LogP contribution < -0.4 is 0 Å². The second-order valence-corrected chi connectivity index (χ2v) is 4.23. The Morgan fingerprint density at radius 1 is 1.47 bits per heavy atom. The van der Waals surface area contributed by atoms with E-state index < -0.39 is 18.0 Å². The largest absolute Gasteiger partial charge is 0.392 e. The van der Waals surface area contributed by atoms with Crippen LogP contribution in [0.2, 0.25) is 5.02 Å². The highest BCUT2D eigenvalue weighted by Gasteiger charge is 2.56. The molecule has 1 saturated carbocycles. The Kier molecular flexibility index (Phi) is 2.41. The summed E-state index contributed by atoms with van der Waals surface area (Å²) in [6.07, 6.45) is -2.45. The average molecular weight is 236 g/mol. The number of nitrogens with zero attached hydrogens (tertiary/aromatic N) is 1. The van der Waals surface area contributed by atoms with Crippen molar-refractivity contribution < 1.29 is 13.2 Å². The summed E-state index contributed by atoms with van der Waals surface area (Å²) in [5, 5.41) is 0.431. The maximum atomic E-state index is 12.3. The summed E-state index contributed by atoms with van der Waals surface area (Å²) < 4.78 is 36.9. The molecule has 1 aliphatic rings. The van der Waals surface area contributed by atoms with Crippen molar-refractivity contribution in [1.29, 1.82) is 0 Å². The van der Waals surface area contributed by atoms with Gasteiger partial charge < -0.3 is 0 Å². The van der Waals surface area contributed by atoms with E-state index in [9.17, 15) is 13.2 Å². The van der Waals surface area contributed by atoms with Crippen LogP contribution in [-0.4, -0.2) is 11.2 Å². The van der Waals surface area contributed by atoms with Crippen LogP contribution in [0.4, 0.5) is 13.2 Å². The fourth-order valence-corrected chi connectivity index (χ4v) is 1.82. The standard InChI is InChI=1S/C10H9ClF3N/c1-5-9(11)2-6(4-15-5)7-3-8(7)10(12,13)14/h2,4,7-8H,3H2,1H3/t7-,8?/m1/s1. The molecule has 1 nitrogen and oxygen atoms in total. The lowest BCUT2D eigenvalue weighted by molar-refractivity contribution is -0.148. The number of pyridine rings is 1. The van der Waals surface area contributed by atoms with E-state index in [2.05, 4.69) is 4.98 Å². The molecule has 0 radical (unpaired) electrons. The predicted molar refractivity (Wildman–Crippen MR) is 50.9 cm³/mol. The highest BCUT2D eigenvalue weighted by Crippen LogP contribution is 2.56. The smallest absolute Gasteiger partial charge is 0.260 e. The first-order chi connectivity index (χ1) is 6.89. The summed E-state index contributed by atoms with van der Waals surface area (Å²) >= 11 is 5.80. The molecule has 1 heterocycles. The molecule has 0 aromatic carbocycles. The fourth-order valence-electron chi connectivity index (χ4n) is 1.65. The zero-order chi connectivity index (χ0) is 11.2. The van der Waals surface area contributed by atoms with Gasteiger partial charge in [-0.25, -0.2) is 0 Å². The highest BCUT2D eigenvalue weighted by atomic mass is 35.5. The van der Waals surface area contributed by atoms with Crippen LogP contribution in [0.3, 0.4) is 0 Å². The molecule has 0 spiro atoms. The van der Waals surface area contributed by atoms with Crippen LogP contribution in [0.25, 0.3) is 0 Å². The highest BCUT2D eigenvalue weighted by molar-refractivity contribution is 6.31. The normalized spacial score (nSPS) is 25.4. The zero-order valence-corrected chi connectivity index (χ0v) is 8.73. The van der Waals surface area contributed by atoms with Crippen molar-refractivity contribution in [3.8, 4) is 0 Å². The Hall–Kier alpha value is -0.770. The first kappa shape index (κ1) is 10.7. The quantitative estimate of drug-likeness (QED) is 0.723. The Bertz CT molecular complexity index is 389. The summed E-state index contributed by atoms with van der Waals surface area (Å²) in [6.45, 7) is 1.72. The third kappa shape index (κ3) is 2.09. The van der Waals surface area contributed by atoms with Crippen LogP contribution in [0.1, 0.15) is 23.6 Å². The van der Waals surface area contributed by atoms with Gasteiger partial charge in [-0.3, -0.25) is 4.98 Å². The summed E-state index contributed by atoms with van der Waals surface area (Å²) in [4.78, 5) is 3.96. The van der Waals surface area contributed by atoms with Crippen LogP contribution in [0.5, 0.6) is 0 Å². The fraction of sp³-hybridized carbons (Fsp3) is 0.500. The molecule has 1 aliphatic carbocycles. The molecular weight excluding hydrogens is 227 g/mol. The van der Waals surface area contributed by atoms with E-state index in [1.807, 2.05) is 0 Å². The minimum Gasteiger partial charge on any atom is -0.260 e. The lowest BCUT2D eigenvalue weighted by Crippen LogP contribution is -2.11. The van der Waals surface area contributed by atoms with Crippen LogP contribution in [-0.2, 0) is 0 Å². The van der Waals surface area contributed by atoms with Gasteiger partial charge in [-0.2, -0.15) is 13.2 Å². The lowest BCUT2D eigenvalue weighted by atomic mass is 10.1. The molecule has 0 N–H and O–H groups in total. The first-order valence-electron chi connectivity index (χ1n) is 4.58. The van der Waals surface area contributed by atoms with E-state index in [1.165, 1.54) is 6.20 Å². The van der Waals surface area contributed by atoms with Crippen molar-refractivity contribution >= 4 is 11.6 Å². The third-order valence-corrected chi connectivity index (χ3v) is 3.07. The maximum absolute atomic E-state index is 12.3. The molecule has 0 amide bonds. The van der Waals surface area contributed by atoms with Gasteiger partial charge in [-0.05, 0) is 30.9 Å². The van der Waals surface area contributed by atoms with E-state index in [0.29, 0.717) is 16.3 Å².